The summed E-state index contributed by atoms with van der Waals surface area (Å²) in [6.45, 7) is 0. The highest BCUT2D eigenvalue weighted by Crippen LogP contribution is 2.46. The molecule has 5 heteroatoms. The summed E-state index contributed by atoms with van der Waals surface area (Å²) in [7, 11) is 0. The van der Waals surface area contributed by atoms with Crippen molar-refractivity contribution in [3.63, 3.8) is 0 Å². The first-order chi connectivity index (χ1) is 29.2. The molecule has 0 aliphatic carbocycles. The van der Waals surface area contributed by atoms with Crippen molar-refractivity contribution >= 4 is 65.2 Å². The number of rotatable bonds is 5. The molecule has 0 spiro atoms. The summed E-state index contributed by atoms with van der Waals surface area (Å²) < 4.78 is 6.63. The summed E-state index contributed by atoms with van der Waals surface area (Å²) in [6.07, 6.45) is 0. The van der Waals surface area contributed by atoms with Crippen molar-refractivity contribution in [3.8, 4) is 56.5 Å². The second-order valence-electron chi connectivity index (χ2n) is 15.0. The van der Waals surface area contributed by atoms with Crippen molar-refractivity contribution < 1.29 is 4.42 Å². The van der Waals surface area contributed by atoms with Crippen molar-refractivity contribution in [2.45, 2.75) is 0 Å². The Labute approximate surface area is 338 Å². The molecule has 0 saturated carbocycles. The molecule has 0 amide bonds. The maximum absolute atomic E-state index is 6.63. The van der Waals surface area contributed by atoms with Gasteiger partial charge in [-0.1, -0.05) is 158 Å². The zero-order valence-corrected chi connectivity index (χ0v) is 31.7. The zero-order valence-electron chi connectivity index (χ0n) is 31.7. The van der Waals surface area contributed by atoms with Gasteiger partial charge in [0.25, 0.3) is 0 Å². The van der Waals surface area contributed by atoms with Gasteiger partial charge in [0.2, 0.25) is 0 Å². The molecule has 3 aromatic heterocycles. The second kappa shape index (κ2) is 13.3. The Morgan fingerprint density at radius 1 is 0.305 bits per heavy atom. The van der Waals surface area contributed by atoms with Crippen molar-refractivity contribution in [1.82, 2.24) is 19.9 Å². The maximum Gasteiger partial charge on any atom is 0.164 e. The quantitative estimate of drug-likeness (QED) is 0.164. The van der Waals surface area contributed by atoms with Crippen molar-refractivity contribution in [2.75, 3.05) is 0 Å². The van der Waals surface area contributed by atoms with Crippen LogP contribution in [0.15, 0.2) is 199 Å². The molecule has 59 heavy (non-hydrogen) atoms. The van der Waals surface area contributed by atoms with E-state index in [0.717, 1.165) is 93.5 Å². The van der Waals surface area contributed by atoms with E-state index in [4.69, 9.17) is 24.4 Å². The third-order valence-electron chi connectivity index (χ3n) is 11.4. The highest BCUT2D eigenvalue weighted by Gasteiger charge is 2.22. The number of fused-ring (bicyclic) bond motifs is 8. The van der Waals surface area contributed by atoms with Gasteiger partial charge in [0.1, 0.15) is 11.2 Å². The van der Waals surface area contributed by atoms with Gasteiger partial charge in [0.05, 0.1) is 11.2 Å². The Bertz CT molecular complexity index is 3530. The molecular formula is C54H32N4O. The van der Waals surface area contributed by atoms with Crippen LogP contribution in [0.1, 0.15) is 0 Å². The first-order valence-electron chi connectivity index (χ1n) is 19.8. The second-order valence-corrected chi connectivity index (χ2v) is 15.0. The Balaban J connectivity index is 1.10. The lowest BCUT2D eigenvalue weighted by molar-refractivity contribution is 0.669. The maximum atomic E-state index is 6.63. The first-order valence-corrected chi connectivity index (χ1v) is 19.8. The van der Waals surface area contributed by atoms with E-state index in [1.807, 2.05) is 12.1 Å². The number of para-hydroxylation sites is 2. The summed E-state index contributed by atoms with van der Waals surface area (Å²) in [6, 6.07) is 67.5. The molecule has 0 atom stereocenters. The van der Waals surface area contributed by atoms with E-state index in [9.17, 15) is 0 Å². The fourth-order valence-corrected chi connectivity index (χ4v) is 8.66. The van der Waals surface area contributed by atoms with Gasteiger partial charge >= 0.3 is 0 Å². The summed E-state index contributed by atoms with van der Waals surface area (Å²) in [5.41, 5.74) is 9.39. The molecule has 0 fully saturated rings. The van der Waals surface area contributed by atoms with Crippen molar-refractivity contribution in [3.05, 3.63) is 194 Å². The Morgan fingerprint density at radius 2 is 0.847 bits per heavy atom. The van der Waals surface area contributed by atoms with Crippen LogP contribution in [0.4, 0.5) is 0 Å². The summed E-state index contributed by atoms with van der Waals surface area (Å²) in [5.74, 6) is 1.81. The molecular weight excluding hydrogens is 721 g/mol. The largest absolute Gasteiger partial charge is 0.456 e. The molecule has 3 heterocycles. The topological polar surface area (TPSA) is 64.7 Å². The smallest absolute Gasteiger partial charge is 0.164 e. The van der Waals surface area contributed by atoms with Crippen molar-refractivity contribution in [2.24, 2.45) is 0 Å². The number of hydrogen-bond acceptors (Lipinski definition) is 5. The molecule has 0 bridgehead atoms. The standard InChI is InChI=1S/C54H32N4O/c1-2-15-35(16-3-1)48-49-42-21-8-10-23-45(42)55-51(44(49)32-47-50(48)43-22-9-11-24-46(43)59-47)38-19-12-20-39(31-38)52-56-53(40-27-25-33-13-4-6-17-36(33)29-40)58-54(57-52)41-28-26-34-14-5-7-18-37(34)30-41/h1-32H. The van der Waals surface area contributed by atoms with Gasteiger partial charge in [-0.3, -0.25) is 0 Å². The molecule has 12 rings (SSSR count). The van der Waals surface area contributed by atoms with Gasteiger partial charge in [-0.15, -0.1) is 0 Å². The van der Waals surface area contributed by atoms with Crippen LogP contribution < -0.4 is 0 Å². The average Bonchev–Trinajstić information content (AvgIpc) is 3.68. The lowest BCUT2D eigenvalue weighted by atomic mass is 9.89. The van der Waals surface area contributed by atoms with Crippen LogP contribution in [-0.4, -0.2) is 19.9 Å². The van der Waals surface area contributed by atoms with E-state index >= 15 is 0 Å². The van der Waals surface area contributed by atoms with E-state index in [1.165, 1.54) is 10.8 Å². The fourth-order valence-electron chi connectivity index (χ4n) is 8.66. The highest BCUT2D eigenvalue weighted by atomic mass is 16.3. The minimum absolute atomic E-state index is 0.586. The molecule has 0 saturated heterocycles. The monoisotopic (exact) mass is 752 g/mol. The van der Waals surface area contributed by atoms with Gasteiger partial charge < -0.3 is 4.42 Å². The van der Waals surface area contributed by atoms with E-state index in [2.05, 4.69) is 182 Å². The molecule has 12 aromatic rings. The van der Waals surface area contributed by atoms with E-state index < -0.39 is 0 Å². The first kappa shape index (κ1) is 33.2. The van der Waals surface area contributed by atoms with Gasteiger partial charge in [0.15, 0.2) is 17.5 Å². The summed E-state index contributed by atoms with van der Waals surface area (Å²) in [4.78, 5) is 20.9. The van der Waals surface area contributed by atoms with Crippen LogP contribution in [-0.2, 0) is 0 Å². The molecule has 0 radical (unpaired) electrons. The molecule has 0 aliphatic rings. The SMILES string of the molecule is c1ccc(-c2c3c(cc4c(-c5cccc(-c6nc(-c7ccc8ccccc8c7)nc(-c7ccc8ccccc8c7)n6)c5)nc5ccccc5c24)oc2ccccc23)cc1. The van der Waals surface area contributed by atoms with E-state index in [0.29, 0.717) is 17.5 Å². The zero-order chi connectivity index (χ0) is 38.9. The Hall–Kier alpha value is -8.02. The van der Waals surface area contributed by atoms with Gasteiger partial charge in [-0.05, 0) is 63.5 Å². The minimum Gasteiger partial charge on any atom is -0.456 e. The number of nitrogens with zero attached hydrogens (tertiary/aromatic N) is 4. The van der Waals surface area contributed by atoms with Gasteiger partial charge in [0, 0.05) is 54.7 Å². The summed E-state index contributed by atoms with van der Waals surface area (Å²) >= 11 is 0. The number of benzene rings is 9. The number of hydrogen-bond donors (Lipinski definition) is 0. The van der Waals surface area contributed by atoms with Gasteiger partial charge in [-0.2, -0.15) is 0 Å². The third-order valence-corrected chi connectivity index (χ3v) is 11.4. The molecule has 5 nitrogen and oxygen atoms in total. The highest BCUT2D eigenvalue weighted by molar-refractivity contribution is 6.27. The lowest BCUT2D eigenvalue weighted by Gasteiger charge is -2.16. The molecule has 9 aromatic carbocycles. The Morgan fingerprint density at radius 3 is 1.54 bits per heavy atom. The van der Waals surface area contributed by atoms with Crippen LogP contribution in [0.3, 0.4) is 0 Å². The molecule has 0 aliphatic heterocycles. The van der Waals surface area contributed by atoms with Crippen LogP contribution in [0.25, 0.3) is 122 Å². The van der Waals surface area contributed by atoms with Crippen LogP contribution in [0.2, 0.25) is 0 Å². The number of pyridine rings is 1. The van der Waals surface area contributed by atoms with E-state index in [1.54, 1.807) is 0 Å². The number of aromatic nitrogens is 4. The normalized spacial score (nSPS) is 11.7. The van der Waals surface area contributed by atoms with Crippen LogP contribution in [0.5, 0.6) is 0 Å². The minimum atomic E-state index is 0.586. The molecule has 274 valence electrons. The van der Waals surface area contributed by atoms with Crippen LogP contribution in [0, 0.1) is 0 Å². The summed E-state index contributed by atoms with van der Waals surface area (Å²) in [5, 5.41) is 10.0. The lowest BCUT2D eigenvalue weighted by Crippen LogP contribution is -2.00. The molecule has 0 unspecified atom stereocenters. The molecule has 0 N–H and O–H groups in total. The average molecular weight is 753 g/mol. The predicted octanol–water partition coefficient (Wildman–Crippen LogP) is 14.1. The van der Waals surface area contributed by atoms with Crippen LogP contribution >= 0.6 is 0 Å². The van der Waals surface area contributed by atoms with E-state index in [-0.39, 0.29) is 0 Å². The fraction of sp³-hybridized carbons (Fsp3) is 0. The third kappa shape index (κ3) is 5.55. The van der Waals surface area contributed by atoms with Crippen molar-refractivity contribution in [1.29, 1.82) is 0 Å². The van der Waals surface area contributed by atoms with Gasteiger partial charge in [-0.25, -0.2) is 19.9 Å². The number of furan rings is 1. The predicted molar refractivity (Wildman–Crippen MR) is 242 cm³/mol. The Kier molecular flexibility index (Phi) is 7.47.